The van der Waals surface area contributed by atoms with Crippen LogP contribution in [0.1, 0.15) is 25.0 Å². The summed E-state index contributed by atoms with van der Waals surface area (Å²) in [4.78, 5) is 0. The van der Waals surface area contributed by atoms with Crippen LogP contribution in [0.3, 0.4) is 0 Å². The van der Waals surface area contributed by atoms with E-state index < -0.39 is 0 Å². The lowest BCUT2D eigenvalue weighted by atomic mass is 9.75. The van der Waals surface area contributed by atoms with E-state index in [4.69, 9.17) is 9.15 Å². The molecule has 0 radical (unpaired) electrons. The zero-order valence-corrected chi connectivity index (χ0v) is 19.7. The van der Waals surface area contributed by atoms with Crippen LogP contribution in [0.15, 0.2) is 114 Å². The molecule has 35 heavy (non-hydrogen) atoms. The van der Waals surface area contributed by atoms with Gasteiger partial charge < -0.3 is 9.15 Å². The first-order valence-corrected chi connectivity index (χ1v) is 12.0. The largest absolute Gasteiger partial charge is 0.457 e. The highest BCUT2D eigenvalue weighted by Gasteiger charge is 2.33. The van der Waals surface area contributed by atoms with Crippen molar-refractivity contribution in [2.24, 2.45) is 0 Å². The molecule has 0 N–H and O–H groups in total. The maximum atomic E-state index is 6.33. The molecule has 0 amide bonds. The first-order valence-electron chi connectivity index (χ1n) is 12.0. The van der Waals surface area contributed by atoms with E-state index in [0.717, 1.165) is 39.0 Å². The van der Waals surface area contributed by atoms with E-state index in [1.165, 1.54) is 27.8 Å². The number of hydrogen-bond donors (Lipinski definition) is 0. The summed E-state index contributed by atoms with van der Waals surface area (Å²) in [6.07, 6.45) is 0. The number of para-hydroxylation sites is 2. The van der Waals surface area contributed by atoms with E-state index in [2.05, 4.69) is 105 Å². The third-order valence-electron chi connectivity index (χ3n) is 7.36. The van der Waals surface area contributed by atoms with Crippen molar-refractivity contribution in [3.05, 3.63) is 120 Å². The van der Waals surface area contributed by atoms with Gasteiger partial charge in [0.25, 0.3) is 0 Å². The molecule has 0 spiro atoms. The van der Waals surface area contributed by atoms with Crippen LogP contribution in [0.25, 0.3) is 44.2 Å². The summed E-state index contributed by atoms with van der Waals surface area (Å²) in [7, 11) is 0. The van der Waals surface area contributed by atoms with Gasteiger partial charge >= 0.3 is 0 Å². The number of ether oxygens (including phenoxy) is 1. The van der Waals surface area contributed by atoms with Crippen molar-refractivity contribution in [2.75, 3.05) is 0 Å². The third-order valence-corrected chi connectivity index (χ3v) is 7.36. The summed E-state index contributed by atoms with van der Waals surface area (Å²) in [6, 6.07) is 38.3. The second-order valence-electron chi connectivity index (χ2n) is 9.82. The molecule has 1 aromatic heterocycles. The zero-order valence-electron chi connectivity index (χ0n) is 19.7. The molecule has 0 saturated carbocycles. The lowest BCUT2D eigenvalue weighted by Gasteiger charge is -2.34. The SMILES string of the molecule is CC1(C)c2ccccc2Oc2cc(-c3ccc(-c4ccc5oc6ccccc6c5c4)cc3)ccc21. The van der Waals surface area contributed by atoms with E-state index >= 15 is 0 Å². The molecule has 1 aliphatic rings. The molecule has 1 aliphatic heterocycles. The van der Waals surface area contributed by atoms with Gasteiger partial charge in [0.15, 0.2) is 0 Å². The number of hydrogen-bond acceptors (Lipinski definition) is 2. The molecule has 0 bridgehead atoms. The minimum atomic E-state index is -0.0948. The number of benzene rings is 5. The van der Waals surface area contributed by atoms with Crippen LogP contribution in [-0.2, 0) is 5.41 Å². The van der Waals surface area contributed by atoms with Gasteiger partial charge in [-0.3, -0.25) is 0 Å². The van der Waals surface area contributed by atoms with Crippen LogP contribution in [0.2, 0.25) is 0 Å². The van der Waals surface area contributed by atoms with Gasteiger partial charge in [-0.2, -0.15) is 0 Å². The Morgan fingerprint density at radius 2 is 1.09 bits per heavy atom. The predicted octanol–water partition coefficient (Wildman–Crippen LogP) is 9.35. The van der Waals surface area contributed by atoms with Crippen molar-refractivity contribution in [1.29, 1.82) is 0 Å². The van der Waals surface area contributed by atoms with Crippen LogP contribution in [0, 0.1) is 0 Å². The molecule has 5 aromatic carbocycles. The highest BCUT2D eigenvalue weighted by Crippen LogP contribution is 2.48. The van der Waals surface area contributed by atoms with Crippen LogP contribution < -0.4 is 4.74 Å². The third kappa shape index (κ3) is 3.10. The van der Waals surface area contributed by atoms with Gasteiger partial charge in [-0.25, -0.2) is 0 Å². The summed E-state index contributed by atoms with van der Waals surface area (Å²) >= 11 is 0. The molecule has 168 valence electrons. The molecule has 2 nitrogen and oxygen atoms in total. The lowest BCUT2D eigenvalue weighted by molar-refractivity contribution is 0.418. The summed E-state index contributed by atoms with van der Waals surface area (Å²) in [5, 5.41) is 2.30. The van der Waals surface area contributed by atoms with E-state index in [1.54, 1.807) is 0 Å². The van der Waals surface area contributed by atoms with Crippen LogP contribution >= 0.6 is 0 Å². The molecule has 2 heterocycles. The maximum absolute atomic E-state index is 6.33. The molecule has 0 fully saturated rings. The fourth-order valence-corrected chi connectivity index (χ4v) is 5.40. The highest BCUT2D eigenvalue weighted by molar-refractivity contribution is 6.06. The second-order valence-corrected chi connectivity index (χ2v) is 9.82. The summed E-state index contributed by atoms with van der Waals surface area (Å²) in [6.45, 7) is 4.53. The number of furan rings is 1. The Bertz CT molecular complexity index is 1740. The van der Waals surface area contributed by atoms with Crippen LogP contribution in [0.5, 0.6) is 11.5 Å². The molecule has 0 atom stereocenters. The molecular weight excluding hydrogens is 428 g/mol. The molecule has 6 aromatic rings. The first-order chi connectivity index (χ1) is 17.1. The van der Waals surface area contributed by atoms with E-state index in [9.17, 15) is 0 Å². The van der Waals surface area contributed by atoms with Crippen molar-refractivity contribution in [3.63, 3.8) is 0 Å². The predicted molar refractivity (Wildman–Crippen MR) is 143 cm³/mol. The quantitative estimate of drug-likeness (QED) is 0.261. The van der Waals surface area contributed by atoms with Crippen molar-refractivity contribution in [3.8, 4) is 33.8 Å². The van der Waals surface area contributed by atoms with E-state index in [-0.39, 0.29) is 5.41 Å². The molecule has 0 unspecified atom stereocenters. The van der Waals surface area contributed by atoms with Gasteiger partial charge in [0.1, 0.15) is 22.7 Å². The Kier molecular flexibility index (Phi) is 4.22. The van der Waals surface area contributed by atoms with Crippen molar-refractivity contribution < 1.29 is 9.15 Å². The second kappa shape index (κ2) is 7.35. The van der Waals surface area contributed by atoms with Gasteiger partial charge in [-0.15, -0.1) is 0 Å². The Morgan fingerprint density at radius 1 is 0.486 bits per heavy atom. The maximum Gasteiger partial charge on any atom is 0.135 e. The standard InChI is InChI=1S/C33H24O2/c1-33(2)27-8-4-6-10-31(27)35-32-20-24(15-17-28(32)33)22-13-11-21(12-14-22)23-16-18-30-26(19-23)25-7-3-5-9-29(25)34-30/h3-20H,1-2H3. The van der Waals surface area contributed by atoms with Crippen LogP contribution in [0.4, 0.5) is 0 Å². The molecule has 0 aliphatic carbocycles. The molecule has 7 rings (SSSR count). The highest BCUT2D eigenvalue weighted by atomic mass is 16.5. The smallest absolute Gasteiger partial charge is 0.135 e. The Balaban J connectivity index is 1.24. The lowest BCUT2D eigenvalue weighted by Crippen LogP contribution is -2.24. The summed E-state index contributed by atoms with van der Waals surface area (Å²) in [5.74, 6) is 1.88. The van der Waals surface area contributed by atoms with Gasteiger partial charge in [0, 0.05) is 27.3 Å². The Labute approximate surface area is 204 Å². The van der Waals surface area contributed by atoms with Crippen molar-refractivity contribution in [1.82, 2.24) is 0 Å². The van der Waals surface area contributed by atoms with Gasteiger partial charge in [0.05, 0.1) is 0 Å². The molecule has 0 saturated heterocycles. The van der Waals surface area contributed by atoms with Crippen molar-refractivity contribution >= 4 is 21.9 Å². The average molecular weight is 453 g/mol. The van der Waals surface area contributed by atoms with Crippen LogP contribution in [-0.4, -0.2) is 0 Å². The minimum absolute atomic E-state index is 0.0948. The van der Waals surface area contributed by atoms with E-state index in [1.807, 2.05) is 18.2 Å². The Morgan fingerprint density at radius 3 is 1.91 bits per heavy atom. The molecule has 2 heteroatoms. The molecular formula is C33H24O2. The number of rotatable bonds is 2. The van der Waals surface area contributed by atoms with E-state index in [0.29, 0.717) is 0 Å². The average Bonchev–Trinajstić information content (AvgIpc) is 3.27. The van der Waals surface area contributed by atoms with Gasteiger partial charge in [0.2, 0.25) is 0 Å². The summed E-state index contributed by atoms with van der Waals surface area (Å²) < 4.78 is 12.3. The normalized spacial score (nSPS) is 13.9. The Hall–Kier alpha value is -4.30. The summed E-state index contributed by atoms with van der Waals surface area (Å²) in [5.41, 5.74) is 8.90. The topological polar surface area (TPSA) is 22.4 Å². The van der Waals surface area contributed by atoms with Gasteiger partial charge in [-0.05, 0) is 52.6 Å². The van der Waals surface area contributed by atoms with Crippen molar-refractivity contribution in [2.45, 2.75) is 19.3 Å². The number of fused-ring (bicyclic) bond motifs is 5. The van der Waals surface area contributed by atoms with Gasteiger partial charge in [-0.1, -0.05) is 92.7 Å². The minimum Gasteiger partial charge on any atom is -0.457 e. The fourth-order valence-electron chi connectivity index (χ4n) is 5.40. The fraction of sp³-hybridized carbons (Fsp3) is 0.0909. The zero-order chi connectivity index (χ0) is 23.6. The first kappa shape index (κ1) is 20.1. The monoisotopic (exact) mass is 452 g/mol.